The Kier molecular flexibility index (Phi) is 5.79. The van der Waals surface area contributed by atoms with Crippen LogP contribution in [0.3, 0.4) is 0 Å². The maximum absolute atomic E-state index is 11.4. The van der Waals surface area contributed by atoms with Gasteiger partial charge >= 0.3 is 0 Å². The number of H-pyrrole nitrogens is 1. The van der Waals surface area contributed by atoms with Crippen molar-refractivity contribution >= 4 is 27.4 Å². The molecule has 0 amide bonds. The number of nitrogens with zero attached hydrogens (tertiary/aromatic N) is 2. The number of hydrogen-bond acceptors (Lipinski definition) is 5. The average molecular weight is 430 g/mol. The van der Waals surface area contributed by atoms with E-state index in [0.717, 1.165) is 37.1 Å². The van der Waals surface area contributed by atoms with Gasteiger partial charge in [-0.15, -0.1) is 0 Å². The van der Waals surface area contributed by atoms with E-state index in [1.165, 1.54) is 22.5 Å². The number of aliphatic hydroxyl groups is 1. The maximum atomic E-state index is 11.4. The van der Waals surface area contributed by atoms with Crippen LogP contribution in [0.25, 0.3) is 21.7 Å². The molecule has 6 nitrogen and oxygen atoms in total. The molecule has 6 heteroatoms. The Bertz CT molecular complexity index is 1280. The number of aromatic amines is 1. The Morgan fingerprint density at radius 1 is 0.875 bits per heavy atom. The molecule has 0 unspecified atom stereocenters. The largest absolute Gasteiger partial charge is 0.491 e. The van der Waals surface area contributed by atoms with Gasteiger partial charge < -0.3 is 19.7 Å². The summed E-state index contributed by atoms with van der Waals surface area (Å²) < 4.78 is 5.80. The topological polar surface area (TPSA) is 68.8 Å². The van der Waals surface area contributed by atoms with Gasteiger partial charge in [0, 0.05) is 55.4 Å². The van der Waals surface area contributed by atoms with Crippen LogP contribution in [-0.2, 0) is 0 Å². The second-order valence-electron chi connectivity index (χ2n) is 8.36. The summed E-state index contributed by atoms with van der Waals surface area (Å²) in [7, 11) is 0. The minimum absolute atomic E-state index is 0.123. The van der Waals surface area contributed by atoms with Gasteiger partial charge in [0.25, 0.3) is 0 Å². The van der Waals surface area contributed by atoms with Crippen molar-refractivity contribution in [1.29, 1.82) is 0 Å². The van der Waals surface area contributed by atoms with Gasteiger partial charge in [-0.3, -0.25) is 9.69 Å². The fourth-order valence-electron chi connectivity index (χ4n) is 4.33. The van der Waals surface area contributed by atoms with Crippen LogP contribution in [0, 0.1) is 0 Å². The second kappa shape index (κ2) is 9.02. The number of nitrogens with one attached hydrogen (secondary N) is 1. The highest BCUT2D eigenvalue weighted by Crippen LogP contribution is 2.23. The number of hydrogen-bond donors (Lipinski definition) is 2. The molecule has 1 atom stereocenters. The average Bonchev–Trinajstić information content (AvgIpc) is 2.83. The van der Waals surface area contributed by atoms with E-state index in [4.69, 9.17) is 4.74 Å². The van der Waals surface area contributed by atoms with Crippen molar-refractivity contribution in [2.75, 3.05) is 44.2 Å². The van der Waals surface area contributed by atoms with Crippen molar-refractivity contribution in [3.05, 3.63) is 83.2 Å². The zero-order chi connectivity index (χ0) is 21.9. The van der Waals surface area contributed by atoms with E-state index in [9.17, 15) is 9.90 Å². The first-order chi connectivity index (χ1) is 15.6. The third-order valence-electron chi connectivity index (χ3n) is 6.08. The summed E-state index contributed by atoms with van der Waals surface area (Å²) in [5.74, 6) is 0.685. The van der Waals surface area contributed by atoms with Crippen molar-refractivity contribution in [2.24, 2.45) is 0 Å². The molecule has 1 aliphatic heterocycles. The first-order valence-electron chi connectivity index (χ1n) is 11.0. The van der Waals surface area contributed by atoms with Gasteiger partial charge in [0.15, 0.2) is 0 Å². The lowest BCUT2D eigenvalue weighted by Crippen LogP contribution is -2.49. The van der Waals surface area contributed by atoms with Gasteiger partial charge in [-0.25, -0.2) is 0 Å². The number of anilines is 1. The molecule has 4 aromatic rings. The molecule has 0 spiro atoms. The highest BCUT2D eigenvalue weighted by Gasteiger charge is 2.20. The van der Waals surface area contributed by atoms with Crippen molar-refractivity contribution in [2.45, 2.75) is 6.10 Å². The van der Waals surface area contributed by atoms with E-state index in [2.05, 4.69) is 57.2 Å². The first kappa shape index (κ1) is 20.5. The van der Waals surface area contributed by atoms with Crippen LogP contribution in [0.2, 0.25) is 0 Å². The summed E-state index contributed by atoms with van der Waals surface area (Å²) in [6, 6.07) is 23.8. The molecule has 164 valence electrons. The highest BCUT2D eigenvalue weighted by molar-refractivity contribution is 5.85. The zero-order valence-corrected chi connectivity index (χ0v) is 17.9. The normalized spacial score (nSPS) is 15.8. The maximum Gasteiger partial charge on any atom is 0.248 e. The van der Waals surface area contributed by atoms with E-state index >= 15 is 0 Å². The molecule has 2 heterocycles. The van der Waals surface area contributed by atoms with Crippen LogP contribution in [0.5, 0.6) is 5.75 Å². The van der Waals surface area contributed by atoms with Crippen molar-refractivity contribution in [3.8, 4) is 5.75 Å². The molecule has 0 saturated carbocycles. The van der Waals surface area contributed by atoms with Crippen LogP contribution >= 0.6 is 0 Å². The molecule has 1 aliphatic rings. The fraction of sp³-hybridized carbons (Fsp3) is 0.269. The van der Waals surface area contributed by atoms with Gasteiger partial charge in [-0.1, -0.05) is 30.3 Å². The Morgan fingerprint density at radius 3 is 2.50 bits per heavy atom. The van der Waals surface area contributed by atoms with E-state index in [0.29, 0.717) is 12.3 Å². The molecule has 1 aromatic heterocycles. The quantitative estimate of drug-likeness (QED) is 0.493. The number of β-amino-alcohol motifs (C(OH)–C–C–N with tert-alkyl or cyclic N) is 1. The Morgan fingerprint density at radius 2 is 1.66 bits per heavy atom. The second-order valence-corrected chi connectivity index (χ2v) is 8.36. The SMILES string of the molecule is O=c1ccc2cc(OC[C@H](O)CN3CCN(c4ccc5ccccc5c4)CC3)ccc2[nH]1. The number of rotatable bonds is 6. The molecule has 3 aromatic carbocycles. The number of aliphatic hydroxyl groups excluding tert-OH is 1. The lowest BCUT2D eigenvalue weighted by Gasteiger charge is -2.37. The smallest absolute Gasteiger partial charge is 0.248 e. The summed E-state index contributed by atoms with van der Waals surface area (Å²) >= 11 is 0. The number of benzene rings is 3. The number of aromatic nitrogens is 1. The van der Waals surface area contributed by atoms with Crippen LogP contribution in [0.1, 0.15) is 0 Å². The Labute approximate surface area is 186 Å². The molecular weight excluding hydrogens is 402 g/mol. The molecule has 32 heavy (non-hydrogen) atoms. The third-order valence-corrected chi connectivity index (χ3v) is 6.08. The minimum atomic E-state index is -0.562. The fourth-order valence-corrected chi connectivity index (χ4v) is 4.33. The van der Waals surface area contributed by atoms with Gasteiger partial charge in [0.05, 0.1) is 0 Å². The van der Waals surface area contributed by atoms with E-state index in [1.807, 2.05) is 18.2 Å². The van der Waals surface area contributed by atoms with Crippen molar-refractivity contribution in [1.82, 2.24) is 9.88 Å². The molecule has 0 radical (unpaired) electrons. The van der Waals surface area contributed by atoms with Crippen molar-refractivity contribution < 1.29 is 9.84 Å². The number of ether oxygens (including phenoxy) is 1. The van der Waals surface area contributed by atoms with Crippen LogP contribution in [0.15, 0.2) is 77.6 Å². The Hall–Kier alpha value is -3.35. The predicted molar refractivity (Wildman–Crippen MR) is 129 cm³/mol. The van der Waals surface area contributed by atoms with E-state index < -0.39 is 6.10 Å². The highest BCUT2D eigenvalue weighted by atomic mass is 16.5. The molecule has 5 rings (SSSR count). The standard InChI is InChI=1S/C26H27N3O3/c30-23(18-32-24-8-9-25-21(16-24)6-10-26(31)27-25)17-28-11-13-29(14-12-28)22-7-5-19-3-1-2-4-20(19)15-22/h1-10,15-16,23,30H,11-14,17-18H2,(H,27,31)/t23-/m1/s1. The first-order valence-corrected chi connectivity index (χ1v) is 11.0. The molecule has 2 N–H and O–H groups in total. The number of piperazine rings is 1. The summed E-state index contributed by atoms with van der Waals surface area (Å²) in [6.45, 7) is 4.52. The lowest BCUT2D eigenvalue weighted by atomic mass is 10.1. The van der Waals surface area contributed by atoms with Gasteiger partial charge in [0.1, 0.15) is 18.5 Å². The van der Waals surface area contributed by atoms with Gasteiger partial charge in [-0.2, -0.15) is 0 Å². The molecule has 0 bridgehead atoms. The van der Waals surface area contributed by atoms with E-state index in [1.54, 1.807) is 6.07 Å². The molecular formula is C26H27N3O3. The van der Waals surface area contributed by atoms with Crippen LogP contribution in [-0.4, -0.2) is 60.4 Å². The van der Waals surface area contributed by atoms with Crippen molar-refractivity contribution in [3.63, 3.8) is 0 Å². The lowest BCUT2D eigenvalue weighted by molar-refractivity contribution is 0.0663. The number of pyridine rings is 1. The zero-order valence-electron chi connectivity index (χ0n) is 17.9. The van der Waals surface area contributed by atoms with E-state index in [-0.39, 0.29) is 12.2 Å². The third kappa shape index (κ3) is 4.61. The summed E-state index contributed by atoms with van der Waals surface area (Å²) in [5, 5.41) is 13.9. The van der Waals surface area contributed by atoms with Gasteiger partial charge in [-0.05, 0) is 47.2 Å². The Balaban J connectivity index is 1.12. The monoisotopic (exact) mass is 429 g/mol. The van der Waals surface area contributed by atoms with Crippen LogP contribution < -0.4 is 15.2 Å². The molecule has 1 saturated heterocycles. The van der Waals surface area contributed by atoms with Crippen LogP contribution in [0.4, 0.5) is 5.69 Å². The summed E-state index contributed by atoms with van der Waals surface area (Å²) in [5.41, 5.74) is 1.90. The number of fused-ring (bicyclic) bond motifs is 2. The predicted octanol–water partition coefficient (Wildman–Crippen LogP) is 3.24. The molecule has 0 aliphatic carbocycles. The molecule has 1 fully saturated rings. The minimum Gasteiger partial charge on any atom is -0.491 e. The summed E-state index contributed by atoms with van der Waals surface area (Å²) in [6.07, 6.45) is -0.562. The summed E-state index contributed by atoms with van der Waals surface area (Å²) in [4.78, 5) is 18.9. The van der Waals surface area contributed by atoms with Gasteiger partial charge in [0.2, 0.25) is 5.56 Å².